The number of benzene rings is 2. The number of nitrogens with one attached hydrogen (secondary N) is 1. The van der Waals surface area contributed by atoms with Crippen LogP contribution in [0, 0.1) is 0 Å². The molecule has 0 aromatic heterocycles. The predicted molar refractivity (Wildman–Crippen MR) is 93.0 cm³/mol. The number of anilines is 1. The van der Waals surface area contributed by atoms with Crippen LogP contribution in [0.25, 0.3) is 0 Å². The number of halogens is 2. The Kier molecular flexibility index (Phi) is 6.46. The van der Waals surface area contributed by atoms with Crippen molar-refractivity contribution in [1.29, 1.82) is 0 Å². The maximum Gasteiger partial charge on any atom is 0.338 e. The molecule has 0 fully saturated rings. The summed E-state index contributed by atoms with van der Waals surface area (Å²) in [7, 11) is 0. The molecule has 0 spiro atoms. The van der Waals surface area contributed by atoms with Crippen molar-refractivity contribution in [1.82, 2.24) is 0 Å². The van der Waals surface area contributed by atoms with Crippen LogP contribution >= 0.6 is 23.2 Å². The molecule has 7 heteroatoms. The molecule has 0 aliphatic heterocycles. The topological polar surface area (TPSA) is 64.6 Å². The first-order valence-corrected chi connectivity index (χ1v) is 7.90. The molecule has 2 aromatic carbocycles. The Morgan fingerprint density at radius 2 is 1.88 bits per heavy atom. The van der Waals surface area contributed by atoms with Crippen LogP contribution in [-0.4, -0.2) is 25.1 Å². The Labute approximate surface area is 149 Å². The number of esters is 1. The summed E-state index contributed by atoms with van der Waals surface area (Å²) < 4.78 is 10.3. The summed E-state index contributed by atoms with van der Waals surface area (Å²) in [6.07, 6.45) is 0. The Balaban J connectivity index is 1.95. The third kappa shape index (κ3) is 4.88. The third-order valence-electron chi connectivity index (χ3n) is 2.94. The minimum atomic E-state index is -0.446. The summed E-state index contributed by atoms with van der Waals surface area (Å²) in [5, 5.41) is 3.21. The van der Waals surface area contributed by atoms with E-state index >= 15 is 0 Å². The first kappa shape index (κ1) is 18.1. The fourth-order valence-corrected chi connectivity index (χ4v) is 2.21. The van der Waals surface area contributed by atoms with Crippen LogP contribution in [0.2, 0.25) is 10.0 Å². The summed E-state index contributed by atoms with van der Waals surface area (Å²) >= 11 is 11.9. The van der Waals surface area contributed by atoms with Gasteiger partial charge in [-0.3, -0.25) is 4.79 Å². The van der Waals surface area contributed by atoms with Crippen LogP contribution in [0.15, 0.2) is 42.5 Å². The summed E-state index contributed by atoms with van der Waals surface area (Å²) in [6, 6.07) is 11.3. The average molecular weight is 368 g/mol. The molecule has 1 N–H and O–H groups in total. The standard InChI is InChI=1S/C17H15Cl2NO4/c1-2-23-17(22)11-5-3-6-12(9-11)24-10-15(21)20-14-8-4-7-13(18)16(14)19/h3-9H,2,10H2,1H3,(H,20,21). The van der Waals surface area contributed by atoms with E-state index in [1.54, 1.807) is 43.3 Å². The molecule has 24 heavy (non-hydrogen) atoms. The maximum absolute atomic E-state index is 11.9. The molecule has 1 amide bonds. The molecule has 0 unspecified atom stereocenters. The SMILES string of the molecule is CCOC(=O)c1cccc(OCC(=O)Nc2cccc(Cl)c2Cl)c1. The van der Waals surface area contributed by atoms with Crippen LogP contribution in [-0.2, 0) is 9.53 Å². The van der Waals surface area contributed by atoms with Crippen LogP contribution in [0.3, 0.4) is 0 Å². The van der Waals surface area contributed by atoms with Crippen molar-refractivity contribution in [3.8, 4) is 5.75 Å². The molecule has 0 bridgehead atoms. The van der Waals surface area contributed by atoms with Crippen LogP contribution in [0.1, 0.15) is 17.3 Å². The molecule has 0 aliphatic rings. The van der Waals surface area contributed by atoms with Crippen LogP contribution < -0.4 is 10.1 Å². The van der Waals surface area contributed by atoms with Gasteiger partial charge in [0.05, 0.1) is 27.9 Å². The molecule has 0 saturated carbocycles. The van der Waals surface area contributed by atoms with E-state index in [1.165, 1.54) is 6.07 Å². The Morgan fingerprint density at radius 1 is 1.12 bits per heavy atom. The lowest BCUT2D eigenvalue weighted by Crippen LogP contribution is -2.20. The fourth-order valence-electron chi connectivity index (χ4n) is 1.86. The van der Waals surface area contributed by atoms with E-state index < -0.39 is 11.9 Å². The van der Waals surface area contributed by atoms with E-state index in [1.807, 2.05) is 0 Å². The van der Waals surface area contributed by atoms with Crippen molar-refractivity contribution >= 4 is 40.8 Å². The number of ether oxygens (including phenoxy) is 2. The van der Waals surface area contributed by atoms with Gasteiger partial charge in [-0.15, -0.1) is 0 Å². The molecule has 0 radical (unpaired) electrons. The van der Waals surface area contributed by atoms with Gasteiger partial charge >= 0.3 is 5.97 Å². The van der Waals surface area contributed by atoms with E-state index in [2.05, 4.69) is 5.32 Å². The number of carbonyl (C=O) groups excluding carboxylic acids is 2. The molecule has 2 aromatic rings. The second-order valence-electron chi connectivity index (χ2n) is 4.69. The largest absolute Gasteiger partial charge is 0.484 e. The quantitative estimate of drug-likeness (QED) is 0.777. The zero-order valence-electron chi connectivity index (χ0n) is 12.8. The lowest BCUT2D eigenvalue weighted by atomic mass is 10.2. The monoisotopic (exact) mass is 367 g/mol. The van der Waals surface area contributed by atoms with Crippen molar-refractivity contribution in [3.63, 3.8) is 0 Å². The van der Waals surface area contributed by atoms with E-state index in [0.717, 1.165) is 0 Å². The molecule has 0 atom stereocenters. The minimum absolute atomic E-state index is 0.241. The van der Waals surface area contributed by atoms with Crippen molar-refractivity contribution in [3.05, 3.63) is 58.1 Å². The number of hydrogen-bond donors (Lipinski definition) is 1. The maximum atomic E-state index is 11.9. The van der Waals surface area contributed by atoms with Gasteiger partial charge in [-0.05, 0) is 37.3 Å². The lowest BCUT2D eigenvalue weighted by molar-refractivity contribution is -0.118. The molecule has 126 valence electrons. The van der Waals surface area contributed by atoms with Gasteiger partial charge in [0.15, 0.2) is 6.61 Å². The van der Waals surface area contributed by atoms with Crippen molar-refractivity contribution in [2.45, 2.75) is 6.92 Å². The lowest BCUT2D eigenvalue weighted by Gasteiger charge is -2.10. The number of amides is 1. The normalized spacial score (nSPS) is 10.1. The molecule has 0 saturated heterocycles. The van der Waals surface area contributed by atoms with Crippen molar-refractivity contribution < 1.29 is 19.1 Å². The van der Waals surface area contributed by atoms with Gasteiger partial charge in [-0.2, -0.15) is 0 Å². The number of hydrogen-bond acceptors (Lipinski definition) is 4. The summed E-state index contributed by atoms with van der Waals surface area (Å²) in [5.74, 6) is -0.466. The zero-order valence-corrected chi connectivity index (χ0v) is 14.4. The minimum Gasteiger partial charge on any atom is -0.484 e. The second-order valence-corrected chi connectivity index (χ2v) is 5.47. The van der Waals surface area contributed by atoms with E-state index in [9.17, 15) is 9.59 Å². The van der Waals surface area contributed by atoms with Gasteiger partial charge in [-0.1, -0.05) is 35.3 Å². The highest BCUT2D eigenvalue weighted by Crippen LogP contribution is 2.29. The Hall–Kier alpha value is -2.24. The number of rotatable bonds is 6. The molecular formula is C17H15Cl2NO4. The van der Waals surface area contributed by atoms with Crippen LogP contribution in [0.4, 0.5) is 5.69 Å². The number of carbonyl (C=O) groups is 2. The van der Waals surface area contributed by atoms with Gasteiger partial charge in [0.1, 0.15) is 5.75 Å². The van der Waals surface area contributed by atoms with E-state index in [4.69, 9.17) is 32.7 Å². The van der Waals surface area contributed by atoms with Gasteiger partial charge in [0, 0.05) is 0 Å². The summed E-state index contributed by atoms with van der Waals surface area (Å²) in [4.78, 5) is 23.6. The first-order valence-electron chi connectivity index (χ1n) is 7.15. The highest BCUT2D eigenvalue weighted by atomic mass is 35.5. The van der Waals surface area contributed by atoms with Gasteiger partial charge in [0.2, 0.25) is 0 Å². The van der Waals surface area contributed by atoms with Crippen molar-refractivity contribution in [2.75, 3.05) is 18.5 Å². The van der Waals surface area contributed by atoms with Crippen molar-refractivity contribution in [2.24, 2.45) is 0 Å². The molecule has 5 nitrogen and oxygen atoms in total. The second kappa shape index (κ2) is 8.57. The first-order chi connectivity index (χ1) is 11.5. The molecular weight excluding hydrogens is 353 g/mol. The highest BCUT2D eigenvalue weighted by molar-refractivity contribution is 6.43. The molecule has 2 rings (SSSR count). The fraction of sp³-hybridized carbons (Fsp3) is 0.176. The van der Waals surface area contributed by atoms with Gasteiger partial charge < -0.3 is 14.8 Å². The Morgan fingerprint density at radius 3 is 2.62 bits per heavy atom. The summed E-state index contributed by atoms with van der Waals surface area (Å²) in [5.41, 5.74) is 0.755. The Bertz CT molecular complexity index is 749. The van der Waals surface area contributed by atoms with E-state index in [-0.39, 0.29) is 18.2 Å². The van der Waals surface area contributed by atoms with Crippen LogP contribution in [0.5, 0.6) is 5.75 Å². The van der Waals surface area contributed by atoms with Gasteiger partial charge in [0.25, 0.3) is 5.91 Å². The summed E-state index contributed by atoms with van der Waals surface area (Å²) in [6.45, 7) is 1.77. The smallest absolute Gasteiger partial charge is 0.338 e. The predicted octanol–water partition coefficient (Wildman–Crippen LogP) is 4.19. The zero-order chi connectivity index (χ0) is 17.5. The third-order valence-corrected chi connectivity index (χ3v) is 3.76. The average Bonchev–Trinajstić information content (AvgIpc) is 2.58. The molecule has 0 heterocycles. The highest BCUT2D eigenvalue weighted by Gasteiger charge is 2.10. The van der Waals surface area contributed by atoms with E-state index in [0.29, 0.717) is 22.0 Å². The molecule has 0 aliphatic carbocycles. The van der Waals surface area contributed by atoms with Gasteiger partial charge in [-0.25, -0.2) is 4.79 Å².